The highest BCUT2D eigenvalue weighted by Crippen LogP contribution is 2.43. The third kappa shape index (κ3) is 4.03. The molecule has 1 aliphatic carbocycles. The Labute approximate surface area is 140 Å². The van der Waals surface area contributed by atoms with Crippen molar-refractivity contribution in [3.05, 3.63) is 71.8 Å². The van der Waals surface area contributed by atoms with Crippen LogP contribution in [0.4, 0.5) is 0 Å². The minimum absolute atomic E-state index is 0.198. The van der Waals surface area contributed by atoms with Gasteiger partial charge in [-0.25, -0.2) is 0 Å². The van der Waals surface area contributed by atoms with Gasteiger partial charge in [-0.15, -0.1) is 0 Å². The monoisotopic (exact) mass is 307 g/mol. The number of hydrogen-bond acceptors (Lipinski definition) is 1. The fourth-order valence-corrected chi connectivity index (χ4v) is 4.38. The van der Waals surface area contributed by atoms with Crippen molar-refractivity contribution in [3.8, 4) is 0 Å². The lowest BCUT2D eigenvalue weighted by molar-refractivity contribution is 0.122. The summed E-state index contributed by atoms with van der Waals surface area (Å²) in [6, 6.07) is 21.9. The summed E-state index contributed by atoms with van der Waals surface area (Å²) in [5, 5.41) is 0. The van der Waals surface area contributed by atoms with Crippen LogP contribution in [-0.4, -0.2) is 6.54 Å². The molecule has 0 aliphatic heterocycles. The lowest BCUT2D eigenvalue weighted by Gasteiger charge is -2.43. The van der Waals surface area contributed by atoms with Gasteiger partial charge >= 0.3 is 0 Å². The lowest BCUT2D eigenvalue weighted by atomic mass is 9.63. The molecule has 2 N–H and O–H groups in total. The average molecular weight is 307 g/mol. The highest BCUT2D eigenvalue weighted by Gasteiger charge is 2.38. The maximum atomic E-state index is 6.43. The quantitative estimate of drug-likeness (QED) is 0.798. The number of hydrogen-bond donors (Lipinski definition) is 1. The molecule has 1 saturated carbocycles. The number of rotatable bonds is 6. The minimum Gasteiger partial charge on any atom is -0.330 e. The first-order valence-electron chi connectivity index (χ1n) is 9.10. The Morgan fingerprint density at radius 3 is 1.65 bits per heavy atom. The Hall–Kier alpha value is -1.60. The van der Waals surface area contributed by atoms with Gasteiger partial charge in [-0.1, -0.05) is 79.9 Å². The standard InChI is InChI=1S/C22H29N/c23-18-22(21-14-8-3-9-15-21,16-19-10-4-1-5-11-19)17-20-12-6-2-7-13-20/h1-2,4-7,10-13,21H,3,8-9,14-18,23H2. The summed E-state index contributed by atoms with van der Waals surface area (Å²) in [4.78, 5) is 0. The largest absolute Gasteiger partial charge is 0.330 e. The van der Waals surface area contributed by atoms with Gasteiger partial charge in [0.05, 0.1) is 0 Å². The van der Waals surface area contributed by atoms with Crippen LogP contribution in [0.1, 0.15) is 43.2 Å². The van der Waals surface area contributed by atoms with E-state index in [0.717, 1.165) is 25.3 Å². The van der Waals surface area contributed by atoms with Crippen LogP contribution in [0.3, 0.4) is 0 Å². The highest BCUT2D eigenvalue weighted by molar-refractivity contribution is 5.22. The van der Waals surface area contributed by atoms with Crippen LogP contribution in [-0.2, 0) is 12.8 Å². The summed E-state index contributed by atoms with van der Waals surface area (Å²) in [5.41, 5.74) is 9.49. The maximum absolute atomic E-state index is 6.43. The van der Waals surface area contributed by atoms with E-state index in [1.807, 2.05) is 0 Å². The lowest BCUT2D eigenvalue weighted by Crippen LogP contribution is -2.43. The summed E-state index contributed by atoms with van der Waals surface area (Å²) < 4.78 is 0. The van der Waals surface area contributed by atoms with E-state index >= 15 is 0 Å². The third-order valence-corrected chi connectivity index (χ3v) is 5.68. The molecule has 1 fully saturated rings. The van der Waals surface area contributed by atoms with Crippen molar-refractivity contribution in [1.82, 2.24) is 0 Å². The van der Waals surface area contributed by atoms with E-state index < -0.39 is 0 Å². The van der Waals surface area contributed by atoms with E-state index in [-0.39, 0.29) is 5.41 Å². The molecule has 0 heterocycles. The van der Waals surface area contributed by atoms with E-state index in [0.29, 0.717) is 0 Å². The van der Waals surface area contributed by atoms with Crippen molar-refractivity contribution in [3.63, 3.8) is 0 Å². The van der Waals surface area contributed by atoms with E-state index in [1.165, 1.54) is 43.2 Å². The zero-order valence-corrected chi connectivity index (χ0v) is 14.1. The molecule has 0 unspecified atom stereocenters. The molecule has 0 atom stereocenters. The van der Waals surface area contributed by atoms with Gasteiger partial charge in [-0.2, -0.15) is 0 Å². The van der Waals surface area contributed by atoms with Gasteiger partial charge in [0.2, 0.25) is 0 Å². The van der Waals surface area contributed by atoms with Crippen molar-refractivity contribution >= 4 is 0 Å². The Morgan fingerprint density at radius 1 is 0.739 bits per heavy atom. The molecule has 2 aromatic rings. The molecule has 2 aromatic carbocycles. The Balaban J connectivity index is 1.89. The topological polar surface area (TPSA) is 26.0 Å². The molecule has 0 bridgehead atoms. The number of nitrogens with two attached hydrogens (primary N) is 1. The van der Waals surface area contributed by atoms with Crippen LogP contribution in [0.15, 0.2) is 60.7 Å². The second-order valence-corrected chi connectivity index (χ2v) is 7.23. The van der Waals surface area contributed by atoms with Crippen molar-refractivity contribution in [2.24, 2.45) is 17.1 Å². The predicted molar refractivity (Wildman–Crippen MR) is 98.4 cm³/mol. The zero-order chi connectivity index (χ0) is 16.0. The van der Waals surface area contributed by atoms with Crippen molar-refractivity contribution in [1.29, 1.82) is 0 Å². The normalized spacial score (nSPS) is 16.4. The van der Waals surface area contributed by atoms with Crippen molar-refractivity contribution in [2.75, 3.05) is 6.54 Å². The molecular weight excluding hydrogens is 278 g/mol. The van der Waals surface area contributed by atoms with Crippen LogP contribution in [0.2, 0.25) is 0 Å². The summed E-state index contributed by atoms with van der Waals surface area (Å²) in [5.74, 6) is 0.752. The molecule has 0 aromatic heterocycles. The van der Waals surface area contributed by atoms with Crippen molar-refractivity contribution < 1.29 is 0 Å². The SMILES string of the molecule is NCC(Cc1ccccc1)(Cc1ccccc1)C1CCCCC1. The van der Waals surface area contributed by atoms with E-state index in [1.54, 1.807) is 0 Å². The molecule has 1 nitrogen and oxygen atoms in total. The molecule has 0 radical (unpaired) electrons. The maximum Gasteiger partial charge on any atom is -0.00115 e. The first kappa shape index (κ1) is 16.3. The van der Waals surface area contributed by atoms with Crippen LogP contribution >= 0.6 is 0 Å². The van der Waals surface area contributed by atoms with Gasteiger partial charge in [0.25, 0.3) is 0 Å². The second kappa shape index (κ2) is 7.79. The van der Waals surface area contributed by atoms with E-state index in [9.17, 15) is 0 Å². The zero-order valence-electron chi connectivity index (χ0n) is 14.1. The average Bonchev–Trinajstić information content (AvgIpc) is 2.63. The van der Waals surface area contributed by atoms with Crippen LogP contribution in [0.25, 0.3) is 0 Å². The molecule has 0 spiro atoms. The van der Waals surface area contributed by atoms with Gasteiger partial charge in [0.1, 0.15) is 0 Å². The summed E-state index contributed by atoms with van der Waals surface area (Å²) in [6.07, 6.45) is 9.03. The highest BCUT2D eigenvalue weighted by atomic mass is 14.6. The van der Waals surface area contributed by atoms with Crippen LogP contribution in [0, 0.1) is 11.3 Å². The molecule has 0 saturated heterocycles. The van der Waals surface area contributed by atoms with Crippen LogP contribution < -0.4 is 5.73 Å². The smallest absolute Gasteiger partial charge is 0.00115 e. The summed E-state index contributed by atoms with van der Waals surface area (Å²) in [7, 11) is 0. The van der Waals surface area contributed by atoms with Gasteiger partial charge in [-0.05, 0) is 54.7 Å². The van der Waals surface area contributed by atoms with Crippen molar-refractivity contribution in [2.45, 2.75) is 44.9 Å². The molecule has 1 aliphatic rings. The van der Waals surface area contributed by atoms with Gasteiger partial charge < -0.3 is 5.73 Å². The molecule has 23 heavy (non-hydrogen) atoms. The molecule has 122 valence electrons. The first-order valence-corrected chi connectivity index (χ1v) is 9.10. The van der Waals surface area contributed by atoms with Gasteiger partial charge in [-0.3, -0.25) is 0 Å². The number of benzene rings is 2. The fraction of sp³-hybridized carbons (Fsp3) is 0.455. The summed E-state index contributed by atoms with van der Waals surface area (Å²) >= 11 is 0. The predicted octanol–water partition coefficient (Wildman–Crippen LogP) is 5.00. The Kier molecular flexibility index (Phi) is 5.51. The first-order chi connectivity index (χ1) is 11.3. The Bertz CT molecular complexity index is 528. The molecule has 0 amide bonds. The van der Waals surface area contributed by atoms with Gasteiger partial charge in [0, 0.05) is 0 Å². The third-order valence-electron chi connectivity index (χ3n) is 5.68. The van der Waals surface area contributed by atoms with Gasteiger partial charge in [0.15, 0.2) is 0 Å². The molecular formula is C22H29N. The molecule has 3 rings (SSSR count). The minimum atomic E-state index is 0.198. The summed E-state index contributed by atoms with van der Waals surface area (Å²) in [6.45, 7) is 0.779. The second-order valence-electron chi connectivity index (χ2n) is 7.23. The Morgan fingerprint density at radius 2 is 1.22 bits per heavy atom. The van der Waals surface area contributed by atoms with E-state index in [2.05, 4.69) is 60.7 Å². The van der Waals surface area contributed by atoms with Crippen LogP contribution in [0.5, 0.6) is 0 Å². The molecule has 1 heteroatoms. The van der Waals surface area contributed by atoms with E-state index in [4.69, 9.17) is 5.73 Å². The fourth-order valence-electron chi connectivity index (χ4n) is 4.38.